The van der Waals surface area contributed by atoms with Crippen LogP contribution in [0.4, 0.5) is 0 Å². The summed E-state index contributed by atoms with van der Waals surface area (Å²) in [4.78, 5) is -0.210. The molecule has 0 fully saturated rings. The zero-order valence-corrected chi connectivity index (χ0v) is 7.17. The van der Waals surface area contributed by atoms with E-state index in [1.807, 2.05) is 0 Å². The summed E-state index contributed by atoms with van der Waals surface area (Å²) in [6.45, 7) is 1.55. The third kappa shape index (κ3) is 3.28. The maximum absolute atomic E-state index is 10.6. The van der Waals surface area contributed by atoms with Crippen LogP contribution in [0.15, 0.2) is 23.1 Å². The minimum absolute atomic E-state index is 0. The molecule has 0 amide bonds. The summed E-state index contributed by atoms with van der Waals surface area (Å²) in [5.74, 6) is 0.00222. The first-order valence-electron chi connectivity index (χ1n) is 3.18. The second-order valence-corrected chi connectivity index (χ2v) is 3.84. The molecule has 0 radical (unpaired) electrons. The number of benzene rings is 1. The molecule has 1 aromatic rings. The van der Waals surface area contributed by atoms with Crippen molar-refractivity contribution in [1.29, 1.82) is 0 Å². The number of phenolic OH excluding ortho intramolecular Hbond substituents is 1. The first-order chi connectivity index (χ1) is 5.41. The van der Waals surface area contributed by atoms with Crippen LogP contribution < -0.4 is 0 Å². The average molecular weight is 212 g/mol. The molecule has 0 aliphatic rings. The summed E-state index contributed by atoms with van der Waals surface area (Å²) in [6, 6.07) is 3.56. The van der Waals surface area contributed by atoms with Gasteiger partial charge in [0.2, 0.25) is 0 Å². The molecule has 1 rings (SSSR count). The van der Waals surface area contributed by atoms with Crippen LogP contribution in [-0.4, -0.2) is 47.6 Å². The Kier molecular flexibility index (Phi) is 4.41. The van der Waals surface area contributed by atoms with Crippen molar-refractivity contribution in [1.82, 2.24) is 0 Å². The molecular formula is C7H9NaO4S. The van der Waals surface area contributed by atoms with Gasteiger partial charge in [0.25, 0.3) is 10.1 Å². The fourth-order valence-electron chi connectivity index (χ4n) is 0.788. The third-order valence-corrected chi connectivity index (χ3v) is 2.32. The Morgan fingerprint density at radius 2 is 1.85 bits per heavy atom. The summed E-state index contributed by atoms with van der Waals surface area (Å²) in [5, 5.41) is 9.03. The number of aromatic hydroxyl groups is 1. The van der Waals surface area contributed by atoms with Gasteiger partial charge in [-0.1, -0.05) is 0 Å². The van der Waals surface area contributed by atoms with Gasteiger partial charge in [-0.15, -0.1) is 0 Å². The predicted molar refractivity (Wildman–Crippen MR) is 49.8 cm³/mol. The molecule has 0 saturated carbocycles. The van der Waals surface area contributed by atoms with Gasteiger partial charge in [0.05, 0.1) is 4.90 Å². The quantitative estimate of drug-likeness (QED) is 0.518. The summed E-state index contributed by atoms with van der Waals surface area (Å²) in [6.07, 6.45) is 0. The van der Waals surface area contributed by atoms with Crippen molar-refractivity contribution in [3.63, 3.8) is 0 Å². The molecule has 0 aliphatic carbocycles. The number of hydrogen-bond acceptors (Lipinski definition) is 3. The van der Waals surface area contributed by atoms with Gasteiger partial charge in [-0.05, 0) is 30.7 Å². The topological polar surface area (TPSA) is 74.6 Å². The maximum atomic E-state index is 10.6. The predicted octanol–water partition coefficient (Wildman–Crippen LogP) is 0.299. The van der Waals surface area contributed by atoms with Crippen molar-refractivity contribution < 1.29 is 18.1 Å². The van der Waals surface area contributed by atoms with Crippen molar-refractivity contribution in [2.75, 3.05) is 0 Å². The SMILES string of the molecule is Cc1cc(S(=O)(=O)O)ccc1O.[NaH]. The second-order valence-electron chi connectivity index (χ2n) is 2.42. The van der Waals surface area contributed by atoms with E-state index < -0.39 is 10.1 Å². The summed E-state index contributed by atoms with van der Waals surface area (Å²) in [7, 11) is -4.15. The van der Waals surface area contributed by atoms with Crippen LogP contribution in [0.5, 0.6) is 5.75 Å². The van der Waals surface area contributed by atoms with Gasteiger partial charge in [0, 0.05) is 0 Å². The van der Waals surface area contributed by atoms with Gasteiger partial charge < -0.3 is 5.11 Å². The Morgan fingerprint density at radius 1 is 1.31 bits per heavy atom. The first kappa shape index (κ1) is 12.9. The standard InChI is InChI=1S/C7H8O4S.Na.H/c1-5-4-6(12(9,10)11)2-3-7(5)8;;/h2-4,8H,1H3,(H,9,10,11);;. The number of aryl methyl sites for hydroxylation is 1. The molecule has 1 aromatic carbocycles. The fourth-order valence-corrected chi connectivity index (χ4v) is 1.35. The molecule has 0 aromatic heterocycles. The molecule has 2 N–H and O–H groups in total. The molecule has 0 atom stereocenters. The fraction of sp³-hybridized carbons (Fsp3) is 0.143. The van der Waals surface area contributed by atoms with Crippen LogP contribution in [0.2, 0.25) is 0 Å². The van der Waals surface area contributed by atoms with Crippen molar-refractivity contribution in [2.24, 2.45) is 0 Å². The molecule has 0 bridgehead atoms. The first-order valence-corrected chi connectivity index (χ1v) is 4.62. The van der Waals surface area contributed by atoms with E-state index in [0.717, 1.165) is 6.07 Å². The van der Waals surface area contributed by atoms with Crippen molar-refractivity contribution in [3.05, 3.63) is 23.8 Å². The van der Waals surface area contributed by atoms with Crippen LogP contribution >= 0.6 is 0 Å². The van der Waals surface area contributed by atoms with Crippen LogP contribution in [0.25, 0.3) is 0 Å². The van der Waals surface area contributed by atoms with Crippen molar-refractivity contribution in [2.45, 2.75) is 11.8 Å². The van der Waals surface area contributed by atoms with E-state index >= 15 is 0 Å². The van der Waals surface area contributed by atoms with Crippen molar-refractivity contribution in [3.8, 4) is 5.75 Å². The molecule has 0 heterocycles. The molecular weight excluding hydrogens is 203 g/mol. The normalized spacial score (nSPS) is 10.6. The number of hydrogen-bond donors (Lipinski definition) is 2. The van der Waals surface area contributed by atoms with Crippen LogP contribution in [0, 0.1) is 6.92 Å². The molecule has 13 heavy (non-hydrogen) atoms. The van der Waals surface area contributed by atoms with Crippen LogP contribution in [0.3, 0.4) is 0 Å². The monoisotopic (exact) mass is 212 g/mol. The molecule has 68 valence electrons. The Bertz CT molecular complexity index is 399. The zero-order chi connectivity index (χ0) is 9.35. The summed E-state index contributed by atoms with van der Waals surface area (Å²) >= 11 is 0. The van der Waals surface area contributed by atoms with E-state index in [1.165, 1.54) is 12.1 Å². The minimum atomic E-state index is -4.15. The molecule has 0 saturated heterocycles. The van der Waals surface area contributed by atoms with E-state index in [1.54, 1.807) is 6.92 Å². The van der Waals surface area contributed by atoms with Gasteiger partial charge in [0.1, 0.15) is 5.75 Å². The Labute approximate surface area is 98.6 Å². The summed E-state index contributed by atoms with van der Waals surface area (Å²) in [5.41, 5.74) is 0.408. The average Bonchev–Trinajstić information content (AvgIpc) is 1.92. The third-order valence-electron chi connectivity index (χ3n) is 1.47. The van der Waals surface area contributed by atoms with Gasteiger partial charge in [-0.25, -0.2) is 0 Å². The van der Waals surface area contributed by atoms with Crippen molar-refractivity contribution >= 4 is 39.7 Å². The number of rotatable bonds is 1. The second kappa shape index (κ2) is 4.43. The zero-order valence-electron chi connectivity index (χ0n) is 6.35. The Morgan fingerprint density at radius 3 is 2.23 bits per heavy atom. The Hall–Kier alpha value is -0.0700. The van der Waals surface area contributed by atoms with E-state index in [9.17, 15) is 8.42 Å². The van der Waals surface area contributed by atoms with Gasteiger partial charge in [-0.2, -0.15) is 8.42 Å². The molecule has 0 aliphatic heterocycles. The van der Waals surface area contributed by atoms with E-state index in [-0.39, 0.29) is 40.2 Å². The van der Waals surface area contributed by atoms with E-state index in [4.69, 9.17) is 9.66 Å². The number of phenols is 1. The van der Waals surface area contributed by atoms with Gasteiger partial charge in [0.15, 0.2) is 0 Å². The van der Waals surface area contributed by atoms with Crippen LogP contribution in [-0.2, 0) is 10.1 Å². The molecule has 0 spiro atoms. The molecule has 0 unspecified atom stereocenters. The molecule has 6 heteroatoms. The van der Waals surface area contributed by atoms with E-state index in [0.29, 0.717) is 5.56 Å². The summed E-state index contributed by atoms with van der Waals surface area (Å²) < 4.78 is 29.7. The van der Waals surface area contributed by atoms with Gasteiger partial charge in [-0.3, -0.25) is 4.55 Å². The van der Waals surface area contributed by atoms with Crippen LogP contribution in [0.1, 0.15) is 5.56 Å². The van der Waals surface area contributed by atoms with E-state index in [2.05, 4.69) is 0 Å². The molecule has 4 nitrogen and oxygen atoms in total. The van der Waals surface area contributed by atoms with Gasteiger partial charge >= 0.3 is 29.6 Å². The Balaban J connectivity index is 0.00000144.